The van der Waals surface area contributed by atoms with Gasteiger partial charge in [0, 0.05) is 10.6 Å². The largest absolute Gasteiger partial charge is 0.492 e. The van der Waals surface area contributed by atoms with Gasteiger partial charge in [0.2, 0.25) is 5.91 Å². The summed E-state index contributed by atoms with van der Waals surface area (Å²) < 4.78 is 47.2. The Hall–Kier alpha value is -3.04. The second-order valence-corrected chi connectivity index (χ2v) is 9.39. The third kappa shape index (κ3) is 5.60. The number of carbonyl (C=O) groups is 1. The molecule has 32 heavy (non-hydrogen) atoms. The van der Waals surface area contributed by atoms with E-state index in [4.69, 9.17) is 4.74 Å². The quantitative estimate of drug-likeness (QED) is 0.452. The summed E-state index contributed by atoms with van der Waals surface area (Å²) >= 11 is 1.49. The molecule has 0 saturated carbocycles. The molecule has 3 aromatic rings. The summed E-state index contributed by atoms with van der Waals surface area (Å²) in [6.07, 6.45) is 1.89. The van der Waals surface area contributed by atoms with Crippen molar-refractivity contribution >= 4 is 39.1 Å². The van der Waals surface area contributed by atoms with Crippen LogP contribution >= 0.6 is 11.8 Å². The minimum absolute atomic E-state index is 0.0418. The van der Waals surface area contributed by atoms with Gasteiger partial charge in [0.25, 0.3) is 10.0 Å². The Balaban J connectivity index is 2.00. The van der Waals surface area contributed by atoms with E-state index in [1.165, 1.54) is 42.1 Å². The minimum atomic E-state index is -4.11. The van der Waals surface area contributed by atoms with Crippen molar-refractivity contribution in [2.45, 2.75) is 16.7 Å². The SMILES string of the molecule is CCOc1ccccc1N(CC(=O)Nc1cccc(F)c1)S(=O)(=O)c1ccc(SC)cc1. The van der Waals surface area contributed by atoms with Crippen LogP contribution in [0.15, 0.2) is 82.6 Å². The highest BCUT2D eigenvalue weighted by molar-refractivity contribution is 7.98. The van der Waals surface area contributed by atoms with Crippen molar-refractivity contribution < 1.29 is 22.3 Å². The molecule has 6 nitrogen and oxygen atoms in total. The average Bonchev–Trinajstić information content (AvgIpc) is 2.78. The summed E-state index contributed by atoms with van der Waals surface area (Å²) in [7, 11) is -4.11. The molecule has 1 N–H and O–H groups in total. The maximum Gasteiger partial charge on any atom is 0.264 e. The maximum absolute atomic E-state index is 13.6. The van der Waals surface area contributed by atoms with Crippen LogP contribution < -0.4 is 14.4 Å². The zero-order chi connectivity index (χ0) is 23.1. The van der Waals surface area contributed by atoms with Gasteiger partial charge in [-0.1, -0.05) is 18.2 Å². The number of amides is 1. The molecule has 0 aliphatic carbocycles. The molecule has 168 valence electrons. The van der Waals surface area contributed by atoms with Crippen LogP contribution in [0.25, 0.3) is 0 Å². The Labute approximate surface area is 191 Å². The average molecular weight is 475 g/mol. The second kappa shape index (κ2) is 10.5. The van der Waals surface area contributed by atoms with E-state index in [9.17, 15) is 17.6 Å². The lowest BCUT2D eigenvalue weighted by atomic mass is 10.3. The van der Waals surface area contributed by atoms with E-state index in [1.807, 2.05) is 6.26 Å². The lowest BCUT2D eigenvalue weighted by Crippen LogP contribution is -2.38. The molecular formula is C23H23FN2O4S2. The number of rotatable bonds is 9. The summed E-state index contributed by atoms with van der Waals surface area (Å²) in [5, 5.41) is 2.55. The fraction of sp³-hybridized carbons (Fsp3) is 0.174. The van der Waals surface area contributed by atoms with Crippen LogP contribution in [-0.4, -0.2) is 33.7 Å². The lowest BCUT2D eigenvalue weighted by molar-refractivity contribution is -0.114. The number of ether oxygens (including phenoxy) is 1. The molecular weight excluding hydrogens is 451 g/mol. The van der Waals surface area contributed by atoms with Crippen molar-refractivity contribution in [1.29, 1.82) is 0 Å². The topological polar surface area (TPSA) is 75.7 Å². The lowest BCUT2D eigenvalue weighted by Gasteiger charge is -2.26. The van der Waals surface area contributed by atoms with Crippen LogP contribution in [0.1, 0.15) is 6.92 Å². The molecule has 1 amide bonds. The first-order valence-corrected chi connectivity index (χ1v) is 12.5. The number of hydrogen-bond acceptors (Lipinski definition) is 5. The van der Waals surface area contributed by atoms with Crippen LogP contribution in [0, 0.1) is 5.82 Å². The molecule has 0 aliphatic heterocycles. The summed E-state index contributed by atoms with van der Waals surface area (Å²) in [5.74, 6) is -0.799. The zero-order valence-electron chi connectivity index (χ0n) is 17.6. The Morgan fingerprint density at radius 2 is 1.78 bits per heavy atom. The van der Waals surface area contributed by atoms with E-state index < -0.39 is 28.3 Å². The number of halogens is 1. The minimum Gasteiger partial charge on any atom is -0.492 e. The molecule has 0 radical (unpaired) electrons. The highest BCUT2D eigenvalue weighted by Gasteiger charge is 2.29. The van der Waals surface area contributed by atoms with Gasteiger partial charge in [0.05, 0.1) is 17.2 Å². The number of hydrogen-bond donors (Lipinski definition) is 1. The van der Waals surface area contributed by atoms with Gasteiger partial charge in [-0.25, -0.2) is 12.8 Å². The number of anilines is 2. The molecule has 0 aliphatic rings. The molecule has 0 fully saturated rings. The normalized spacial score (nSPS) is 11.1. The van der Waals surface area contributed by atoms with Crippen LogP contribution in [-0.2, 0) is 14.8 Å². The molecule has 0 spiro atoms. The van der Waals surface area contributed by atoms with Gasteiger partial charge in [0.1, 0.15) is 18.1 Å². The molecule has 0 saturated heterocycles. The van der Waals surface area contributed by atoms with E-state index >= 15 is 0 Å². The maximum atomic E-state index is 13.6. The standard InChI is InChI=1S/C23H23FN2O4S2/c1-3-30-22-10-5-4-9-21(22)26(16-23(27)25-18-8-6-7-17(24)15-18)32(28,29)20-13-11-19(31-2)12-14-20/h4-15H,3,16H2,1-2H3,(H,25,27). The summed E-state index contributed by atoms with van der Waals surface area (Å²) in [6.45, 7) is 1.59. The molecule has 0 aromatic heterocycles. The molecule has 3 rings (SSSR count). The summed E-state index contributed by atoms with van der Waals surface area (Å²) in [6, 6.07) is 18.4. The van der Waals surface area contributed by atoms with Gasteiger partial charge in [-0.15, -0.1) is 11.8 Å². The smallest absolute Gasteiger partial charge is 0.264 e. The molecule has 0 bridgehead atoms. The first-order valence-electron chi connectivity index (χ1n) is 9.79. The highest BCUT2D eigenvalue weighted by atomic mass is 32.2. The van der Waals surface area contributed by atoms with Crippen molar-refractivity contribution in [3.63, 3.8) is 0 Å². The Kier molecular flexibility index (Phi) is 7.76. The van der Waals surface area contributed by atoms with Crippen molar-refractivity contribution in [2.24, 2.45) is 0 Å². The number of carbonyl (C=O) groups excluding carboxylic acids is 1. The monoisotopic (exact) mass is 474 g/mol. The van der Waals surface area contributed by atoms with Gasteiger partial charge >= 0.3 is 0 Å². The van der Waals surface area contributed by atoms with E-state index in [0.29, 0.717) is 12.4 Å². The number of nitrogens with one attached hydrogen (secondary N) is 1. The first kappa shape index (κ1) is 23.6. The van der Waals surface area contributed by atoms with E-state index in [0.717, 1.165) is 15.3 Å². The first-order chi connectivity index (χ1) is 15.3. The van der Waals surface area contributed by atoms with Crippen LogP contribution in [0.4, 0.5) is 15.8 Å². The van der Waals surface area contributed by atoms with E-state index in [1.54, 1.807) is 43.3 Å². The van der Waals surface area contributed by atoms with Crippen molar-refractivity contribution in [3.8, 4) is 5.75 Å². The van der Waals surface area contributed by atoms with Crippen molar-refractivity contribution in [1.82, 2.24) is 0 Å². The van der Waals surface area contributed by atoms with Crippen molar-refractivity contribution in [2.75, 3.05) is 29.0 Å². The van der Waals surface area contributed by atoms with Gasteiger partial charge in [-0.3, -0.25) is 9.10 Å². The number of sulfonamides is 1. The second-order valence-electron chi connectivity index (χ2n) is 6.65. The van der Waals surface area contributed by atoms with E-state index in [-0.39, 0.29) is 16.3 Å². The Morgan fingerprint density at radius 1 is 1.06 bits per heavy atom. The van der Waals surface area contributed by atoms with Gasteiger partial charge in [0.15, 0.2) is 0 Å². The molecule has 0 unspecified atom stereocenters. The predicted molar refractivity (Wildman–Crippen MR) is 125 cm³/mol. The summed E-state index contributed by atoms with van der Waals surface area (Å²) in [5.41, 5.74) is 0.465. The van der Waals surface area contributed by atoms with Gasteiger partial charge in [-0.2, -0.15) is 0 Å². The fourth-order valence-electron chi connectivity index (χ4n) is 3.01. The molecule has 0 atom stereocenters. The van der Waals surface area contributed by atoms with Crippen LogP contribution in [0.2, 0.25) is 0 Å². The Morgan fingerprint density at radius 3 is 2.44 bits per heavy atom. The van der Waals surface area contributed by atoms with Crippen LogP contribution in [0.5, 0.6) is 5.75 Å². The third-order valence-electron chi connectivity index (χ3n) is 4.48. The number of para-hydroxylation sites is 2. The third-order valence-corrected chi connectivity index (χ3v) is 6.99. The molecule has 9 heteroatoms. The van der Waals surface area contributed by atoms with Gasteiger partial charge < -0.3 is 10.1 Å². The zero-order valence-corrected chi connectivity index (χ0v) is 19.3. The van der Waals surface area contributed by atoms with Crippen molar-refractivity contribution in [3.05, 3.63) is 78.6 Å². The van der Waals surface area contributed by atoms with Crippen LogP contribution in [0.3, 0.4) is 0 Å². The number of thioether (sulfide) groups is 1. The number of benzene rings is 3. The molecule has 3 aromatic carbocycles. The predicted octanol–water partition coefficient (Wildman–Crippen LogP) is 4.78. The van der Waals surface area contributed by atoms with E-state index in [2.05, 4.69) is 5.32 Å². The Bertz CT molecular complexity index is 1180. The summed E-state index contributed by atoms with van der Waals surface area (Å²) in [4.78, 5) is 13.7. The van der Waals surface area contributed by atoms with Gasteiger partial charge in [-0.05, 0) is 67.8 Å². The fourth-order valence-corrected chi connectivity index (χ4v) is 4.85. The number of nitrogens with zero attached hydrogens (tertiary/aromatic N) is 1. The molecule has 0 heterocycles. The highest BCUT2D eigenvalue weighted by Crippen LogP contribution is 2.33.